The molecule has 0 aliphatic carbocycles. The van der Waals surface area contributed by atoms with Gasteiger partial charge in [0.2, 0.25) is 0 Å². The van der Waals surface area contributed by atoms with E-state index >= 15 is 0 Å². The lowest BCUT2D eigenvalue weighted by atomic mass is 9.97. The Hall–Kier alpha value is -0.870. The van der Waals surface area contributed by atoms with Gasteiger partial charge in [-0.3, -0.25) is 4.79 Å². The van der Waals surface area contributed by atoms with Crippen LogP contribution >= 0.6 is 15.9 Å². The highest BCUT2D eigenvalue weighted by atomic mass is 79.9. The molecule has 2 N–H and O–H groups in total. The molecule has 0 bridgehead atoms. The average Bonchev–Trinajstić information content (AvgIpc) is 2.36. The summed E-state index contributed by atoms with van der Waals surface area (Å²) < 4.78 is 0.938. The SMILES string of the molecule is CCC(O)(CC)CNC(=O)c1ccc(Br)cc1. The van der Waals surface area contributed by atoms with Crippen LogP contribution in [0.3, 0.4) is 0 Å². The van der Waals surface area contributed by atoms with Gasteiger partial charge in [0.1, 0.15) is 0 Å². The third-order valence-corrected chi connectivity index (χ3v) is 3.53. The Morgan fingerprint density at radius 2 is 1.82 bits per heavy atom. The van der Waals surface area contributed by atoms with Crippen LogP contribution in [0.5, 0.6) is 0 Å². The van der Waals surface area contributed by atoms with Crippen LogP contribution in [-0.2, 0) is 0 Å². The largest absolute Gasteiger partial charge is 0.388 e. The maximum absolute atomic E-state index is 11.8. The minimum Gasteiger partial charge on any atom is -0.388 e. The van der Waals surface area contributed by atoms with E-state index in [4.69, 9.17) is 0 Å². The Bertz CT molecular complexity index is 372. The number of aliphatic hydroxyl groups is 1. The predicted octanol–water partition coefficient (Wildman–Crippen LogP) is 2.73. The van der Waals surface area contributed by atoms with Gasteiger partial charge in [-0.15, -0.1) is 0 Å². The second-order valence-electron chi connectivity index (χ2n) is 4.12. The highest BCUT2D eigenvalue weighted by molar-refractivity contribution is 9.10. The highest BCUT2D eigenvalue weighted by Gasteiger charge is 2.22. The van der Waals surface area contributed by atoms with Gasteiger partial charge in [-0.25, -0.2) is 0 Å². The smallest absolute Gasteiger partial charge is 0.251 e. The van der Waals surface area contributed by atoms with Crippen LogP contribution < -0.4 is 5.32 Å². The molecule has 0 heterocycles. The van der Waals surface area contributed by atoms with Crippen LogP contribution in [0, 0.1) is 0 Å². The molecule has 0 aliphatic heterocycles. The molecule has 17 heavy (non-hydrogen) atoms. The molecule has 3 nitrogen and oxygen atoms in total. The van der Waals surface area contributed by atoms with Gasteiger partial charge in [-0.2, -0.15) is 0 Å². The van der Waals surface area contributed by atoms with Gasteiger partial charge in [-0.05, 0) is 37.1 Å². The van der Waals surface area contributed by atoms with E-state index in [2.05, 4.69) is 21.2 Å². The lowest BCUT2D eigenvalue weighted by Gasteiger charge is -2.25. The van der Waals surface area contributed by atoms with Crippen LogP contribution in [0.1, 0.15) is 37.0 Å². The first kappa shape index (κ1) is 14.2. The third kappa shape index (κ3) is 4.13. The molecule has 1 amide bonds. The topological polar surface area (TPSA) is 49.3 Å². The number of rotatable bonds is 5. The van der Waals surface area contributed by atoms with Crippen molar-refractivity contribution in [2.75, 3.05) is 6.54 Å². The summed E-state index contributed by atoms with van der Waals surface area (Å²) in [6, 6.07) is 7.13. The molecular weight excluding hydrogens is 282 g/mol. The summed E-state index contributed by atoms with van der Waals surface area (Å²) in [5.41, 5.74) is -0.201. The van der Waals surface area contributed by atoms with Crippen molar-refractivity contribution in [3.8, 4) is 0 Å². The van der Waals surface area contributed by atoms with Crippen molar-refractivity contribution < 1.29 is 9.90 Å². The number of halogens is 1. The van der Waals surface area contributed by atoms with E-state index in [1.54, 1.807) is 12.1 Å². The Labute approximate surface area is 110 Å². The molecule has 0 radical (unpaired) electrons. The van der Waals surface area contributed by atoms with Gasteiger partial charge in [0, 0.05) is 16.6 Å². The summed E-state index contributed by atoms with van der Waals surface area (Å²) in [4.78, 5) is 11.8. The monoisotopic (exact) mass is 299 g/mol. The van der Waals surface area contributed by atoms with Gasteiger partial charge in [-0.1, -0.05) is 29.8 Å². The van der Waals surface area contributed by atoms with E-state index in [1.807, 2.05) is 26.0 Å². The van der Waals surface area contributed by atoms with Crippen LogP contribution in [0.25, 0.3) is 0 Å². The maximum atomic E-state index is 11.8. The zero-order valence-electron chi connectivity index (χ0n) is 10.2. The molecule has 1 rings (SSSR count). The van der Waals surface area contributed by atoms with Gasteiger partial charge in [0.15, 0.2) is 0 Å². The highest BCUT2D eigenvalue weighted by Crippen LogP contribution is 2.14. The van der Waals surface area contributed by atoms with Gasteiger partial charge < -0.3 is 10.4 Å². The molecule has 0 spiro atoms. The quantitative estimate of drug-likeness (QED) is 0.878. The lowest BCUT2D eigenvalue weighted by Crippen LogP contribution is -2.42. The predicted molar refractivity (Wildman–Crippen MR) is 72.0 cm³/mol. The van der Waals surface area contributed by atoms with Crippen molar-refractivity contribution in [3.05, 3.63) is 34.3 Å². The van der Waals surface area contributed by atoms with Gasteiger partial charge >= 0.3 is 0 Å². The van der Waals surface area contributed by atoms with E-state index in [9.17, 15) is 9.90 Å². The molecule has 94 valence electrons. The maximum Gasteiger partial charge on any atom is 0.251 e. The number of carbonyl (C=O) groups excluding carboxylic acids is 1. The number of hydrogen-bond donors (Lipinski definition) is 2. The first-order valence-corrected chi connectivity index (χ1v) is 6.56. The van der Waals surface area contributed by atoms with E-state index in [-0.39, 0.29) is 12.5 Å². The molecule has 4 heteroatoms. The molecule has 0 aromatic heterocycles. The van der Waals surface area contributed by atoms with Crippen LogP contribution in [0.4, 0.5) is 0 Å². The second-order valence-corrected chi connectivity index (χ2v) is 5.04. The first-order chi connectivity index (χ1) is 8.00. The van der Waals surface area contributed by atoms with Crippen LogP contribution in [0.2, 0.25) is 0 Å². The zero-order chi connectivity index (χ0) is 12.9. The molecule has 0 fully saturated rings. The lowest BCUT2D eigenvalue weighted by molar-refractivity contribution is 0.0314. The first-order valence-electron chi connectivity index (χ1n) is 5.77. The summed E-state index contributed by atoms with van der Waals surface area (Å²) in [6.07, 6.45) is 1.26. The second kappa shape index (κ2) is 6.17. The number of nitrogens with one attached hydrogen (secondary N) is 1. The molecule has 0 saturated heterocycles. The normalized spacial score (nSPS) is 11.3. The molecule has 0 aliphatic rings. The Kier molecular flexibility index (Phi) is 5.15. The minimum atomic E-state index is -0.801. The number of hydrogen-bond acceptors (Lipinski definition) is 2. The summed E-state index contributed by atoms with van der Waals surface area (Å²) in [5, 5.41) is 12.8. The summed E-state index contributed by atoms with van der Waals surface area (Å²) in [6.45, 7) is 4.11. The Morgan fingerprint density at radius 3 is 2.29 bits per heavy atom. The van der Waals surface area contributed by atoms with Crippen molar-refractivity contribution in [1.29, 1.82) is 0 Å². The fourth-order valence-electron chi connectivity index (χ4n) is 1.45. The fraction of sp³-hybridized carbons (Fsp3) is 0.462. The zero-order valence-corrected chi connectivity index (χ0v) is 11.8. The standard InChI is InChI=1S/C13H18BrNO2/c1-3-13(17,4-2)9-15-12(16)10-5-7-11(14)8-6-10/h5-8,17H,3-4,9H2,1-2H3,(H,15,16). The van der Waals surface area contributed by atoms with E-state index < -0.39 is 5.60 Å². The van der Waals surface area contributed by atoms with Crippen molar-refractivity contribution in [2.24, 2.45) is 0 Å². The van der Waals surface area contributed by atoms with Crippen molar-refractivity contribution in [3.63, 3.8) is 0 Å². The average molecular weight is 300 g/mol. The van der Waals surface area contributed by atoms with Gasteiger partial charge in [0.25, 0.3) is 5.91 Å². The van der Waals surface area contributed by atoms with Crippen LogP contribution in [0.15, 0.2) is 28.7 Å². The summed E-state index contributed by atoms with van der Waals surface area (Å²) in [5.74, 6) is -0.155. The minimum absolute atomic E-state index is 0.155. The number of amides is 1. The summed E-state index contributed by atoms with van der Waals surface area (Å²) >= 11 is 3.32. The van der Waals surface area contributed by atoms with Crippen molar-refractivity contribution in [2.45, 2.75) is 32.3 Å². The van der Waals surface area contributed by atoms with E-state index in [1.165, 1.54) is 0 Å². The Morgan fingerprint density at radius 1 is 1.29 bits per heavy atom. The molecule has 0 unspecified atom stereocenters. The van der Waals surface area contributed by atoms with E-state index in [0.717, 1.165) is 4.47 Å². The van der Waals surface area contributed by atoms with Crippen molar-refractivity contribution >= 4 is 21.8 Å². The molecule has 0 saturated carbocycles. The molecule has 1 aromatic rings. The molecule has 1 aromatic carbocycles. The van der Waals surface area contributed by atoms with Gasteiger partial charge in [0.05, 0.1) is 5.60 Å². The number of carbonyl (C=O) groups is 1. The molecule has 0 atom stereocenters. The van der Waals surface area contributed by atoms with E-state index in [0.29, 0.717) is 18.4 Å². The summed E-state index contributed by atoms with van der Waals surface area (Å²) in [7, 11) is 0. The third-order valence-electron chi connectivity index (χ3n) is 3.00. The van der Waals surface area contributed by atoms with Crippen LogP contribution in [-0.4, -0.2) is 23.2 Å². The van der Waals surface area contributed by atoms with Crippen molar-refractivity contribution in [1.82, 2.24) is 5.32 Å². The molecular formula is C13H18BrNO2. The fourth-order valence-corrected chi connectivity index (χ4v) is 1.71. The Balaban J connectivity index is 2.58. The number of benzene rings is 1.